The van der Waals surface area contributed by atoms with Crippen molar-refractivity contribution in [2.24, 2.45) is 0 Å². The van der Waals surface area contributed by atoms with Crippen LogP contribution in [0.5, 0.6) is 0 Å². The molecule has 0 amide bonds. The summed E-state index contributed by atoms with van der Waals surface area (Å²) in [5.74, 6) is 0. The predicted molar refractivity (Wildman–Crippen MR) is 67.7 cm³/mol. The van der Waals surface area contributed by atoms with Gasteiger partial charge >= 0.3 is 16.5 Å². The van der Waals surface area contributed by atoms with E-state index < -0.39 is 8.32 Å². The number of hydrogen-bond donors (Lipinski definition) is 0. The summed E-state index contributed by atoms with van der Waals surface area (Å²) in [5.41, 5.74) is 0. The molecule has 1 nitrogen and oxygen atoms in total. The van der Waals surface area contributed by atoms with Gasteiger partial charge in [-0.25, -0.2) is 0 Å². The molecular weight excluding hydrogens is 291 g/mol. The summed E-state index contributed by atoms with van der Waals surface area (Å²) < 4.78 is 7.27. The van der Waals surface area contributed by atoms with E-state index in [0.29, 0.717) is 16.5 Å². The summed E-state index contributed by atoms with van der Waals surface area (Å²) in [6.07, 6.45) is 4.08. The van der Waals surface area contributed by atoms with Crippen molar-refractivity contribution in [2.75, 3.05) is 6.61 Å². The zero-order valence-corrected chi connectivity index (χ0v) is 13.1. The fourth-order valence-corrected chi connectivity index (χ4v) is 3.85. The third-order valence-corrected chi connectivity index (χ3v) is 5.69. The molecule has 0 spiro atoms. The van der Waals surface area contributed by atoms with E-state index >= 15 is 0 Å². The van der Waals surface area contributed by atoms with E-state index in [0.717, 1.165) is 6.61 Å². The number of hydrogen-bond acceptors (Lipinski definition) is 1. The van der Waals surface area contributed by atoms with Crippen LogP contribution < -0.4 is 0 Å². The summed E-state index contributed by atoms with van der Waals surface area (Å²) in [5, 5.41) is 0. The molecule has 0 atom stereocenters. The number of unbranched alkanes of at least 4 members (excludes halogenated alkanes) is 2. The number of rotatable bonds is 7. The van der Waals surface area contributed by atoms with Gasteiger partial charge in [-0.15, -0.1) is 4.55 Å². The summed E-state index contributed by atoms with van der Waals surface area (Å²) in [4.78, 5) is 0. The first-order valence-corrected chi connectivity index (χ1v) is 14.3. The normalized spacial score (nSPS) is 11.3. The van der Waals surface area contributed by atoms with Gasteiger partial charge in [0.2, 0.25) is 0 Å². The zero-order chi connectivity index (χ0) is 9.45. The van der Waals surface area contributed by atoms with E-state index in [1.54, 1.807) is 0 Å². The van der Waals surface area contributed by atoms with Crippen LogP contribution in [0.2, 0.25) is 24.2 Å². The van der Waals surface area contributed by atoms with E-state index in [1.807, 2.05) is 0 Å². The zero-order valence-electron chi connectivity index (χ0n) is 8.53. The second-order valence-electron chi connectivity index (χ2n) is 4.06. The van der Waals surface area contributed by atoms with Crippen LogP contribution in [0.1, 0.15) is 19.3 Å². The van der Waals surface area contributed by atoms with Gasteiger partial charge in [0, 0.05) is 6.61 Å². The van der Waals surface area contributed by atoms with Gasteiger partial charge in [0.05, 0.1) is 0 Å². The lowest BCUT2D eigenvalue weighted by Crippen LogP contribution is -2.25. The minimum atomic E-state index is -1.22. The van der Waals surface area contributed by atoms with Gasteiger partial charge in [0.1, 0.15) is 0 Å². The first-order chi connectivity index (χ1) is 5.56. The average molecular weight is 311 g/mol. The standard InChI is InChI=1S/C8H19OSi.HI.Mg/c1-5-6-7-8-9-10(2,3)4;;/h1,5-8H2,2-4H3;1H;/q;;+1/p-1. The Morgan fingerprint density at radius 3 is 2.33 bits per heavy atom. The Morgan fingerprint density at radius 1 is 1.17 bits per heavy atom. The van der Waals surface area contributed by atoms with E-state index in [1.165, 1.54) is 23.8 Å². The molecule has 0 saturated heterocycles. The van der Waals surface area contributed by atoms with Crippen molar-refractivity contribution in [3.05, 3.63) is 0 Å². The Labute approximate surface area is 97.3 Å². The van der Waals surface area contributed by atoms with E-state index in [4.69, 9.17) is 4.43 Å². The molecule has 70 valence electrons. The van der Waals surface area contributed by atoms with Gasteiger partial charge in [-0.2, -0.15) is 0 Å². The molecule has 0 aromatic heterocycles. The van der Waals surface area contributed by atoms with E-state index in [9.17, 15) is 0 Å². The molecule has 0 N–H and O–H groups in total. The molecular formula is C8H19IMgOSi. The fourth-order valence-electron chi connectivity index (χ4n) is 0.928. The maximum Gasteiger partial charge on any atom is 0.463 e. The molecule has 0 bridgehead atoms. The summed E-state index contributed by atoms with van der Waals surface area (Å²) >= 11 is 2.87. The minimum Gasteiger partial charge on any atom is -0.418 e. The minimum absolute atomic E-state index is 0.290. The Bertz CT molecular complexity index is 106. The molecule has 0 unspecified atom stereocenters. The summed E-state index contributed by atoms with van der Waals surface area (Å²) in [6, 6.07) is 0. The molecule has 0 saturated carbocycles. The molecule has 0 aromatic carbocycles. The molecule has 0 rings (SSSR count). The number of halogens is 1. The van der Waals surface area contributed by atoms with E-state index in [2.05, 4.69) is 38.5 Å². The van der Waals surface area contributed by atoms with Crippen LogP contribution in [0, 0.1) is 0 Å². The van der Waals surface area contributed by atoms with Crippen molar-refractivity contribution in [1.82, 2.24) is 0 Å². The van der Waals surface area contributed by atoms with Crippen LogP contribution >= 0.6 is 18.9 Å². The lowest BCUT2D eigenvalue weighted by atomic mass is 10.3. The fraction of sp³-hybridized carbons (Fsp3) is 1.00. The van der Waals surface area contributed by atoms with Gasteiger partial charge in [0.25, 0.3) is 0 Å². The van der Waals surface area contributed by atoms with Gasteiger partial charge in [-0.3, -0.25) is 0 Å². The molecule has 0 aliphatic heterocycles. The lowest BCUT2D eigenvalue weighted by Gasteiger charge is -2.16. The summed E-state index contributed by atoms with van der Waals surface area (Å²) in [7, 11) is -1.22. The second kappa shape index (κ2) is 8.02. The van der Waals surface area contributed by atoms with Crippen molar-refractivity contribution in [1.29, 1.82) is 0 Å². The second-order valence-corrected chi connectivity index (χ2v) is 12.9. The maximum atomic E-state index is 5.76. The predicted octanol–water partition coefficient (Wildman–Crippen LogP) is 3.48. The molecule has 12 heavy (non-hydrogen) atoms. The highest BCUT2D eigenvalue weighted by atomic mass is 127. The van der Waals surface area contributed by atoms with Crippen molar-refractivity contribution in [3.8, 4) is 0 Å². The van der Waals surface area contributed by atoms with Crippen molar-refractivity contribution >= 4 is 43.7 Å². The highest BCUT2D eigenvalue weighted by Crippen LogP contribution is 2.06. The van der Waals surface area contributed by atoms with Crippen LogP contribution in [0.3, 0.4) is 0 Å². The molecule has 4 heteroatoms. The largest absolute Gasteiger partial charge is 0.463 e. The Kier molecular flexibility index (Phi) is 9.14. The van der Waals surface area contributed by atoms with Crippen molar-refractivity contribution in [3.63, 3.8) is 0 Å². The Hall–Kier alpha value is 1.67. The maximum absolute atomic E-state index is 5.76. The van der Waals surface area contributed by atoms with E-state index in [-0.39, 0.29) is 0 Å². The van der Waals surface area contributed by atoms with Gasteiger partial charge in [0.15, 0.2) is 8.32 Å². The first kappa shape index (κ1) is 13.7. The molecule has 0 aliphatic rings. The van der Waals surface area contributed by atoms with Crippen LogP contribution in [0.15, 0.2) is 0 Å². The Morgan fingerprint density at radius 2 is 1.83 bits per heavy atom. The average Bonchev–Trinajstić information content (AvgIpc) is 1.94. The van der Waals surface area contributed by atoms with Crippen molar-refractivity contribution < 1.29 is 4.43 Å². The summed E-state index contributed by atoms with van der Waals surface area (Å²) in [6.45, 7) is 7.76. The van der Waals surface area contributed by atoms with Gasteiger partial charge in [-0.05, 0) is 26.1 Å². The van der Waals surface area contributed by atoms with Crippen molar-refractivity contribution in [2.45, 2.75) is 43.5 Å². The third kappa shape index (κ3) is 11.7. The SMILES string of the molecule is C[Si](C)(C)OCCCC[CH2][Mg][I]. The lowest BCUT2D eigenvalue weighted by molar-refractivity contribution is 0.300. The third-order valence-electron chi connectivity index (χ3n) is 1.56. The van der Waals surface area contributed by atoms with Crippen LogP contribution in [0.4, 0.5) is 0 Å². The Balaban J connectivity index is 3.01. The first-order valence-electron chi connectivity index (χ1n) is 4.76. The molecule has 0 radical (unpaired) electrons. The quantitative estimate of drug-likeness (QED) is 0.397. The topological polar surface area (TPSA) is 9.23 Å². The van der Waals surface area contributed by atoms with Crippen LogP contribution in [0.25, 0.3) is 0 Å². The molecule has 0 fully saturated rings. The van der Waals surface area contributed by atoms with Gasteiger partial charge in [-0.1, -0.05) is 12.8 Å². The smallest absolute Gasteiger partial charge is 0.418 e. The van der Waals surface area contributed by atoms with Crippen LogP contribution in [-0.2, 0) is 4.43 Å². The molecule has 0 heterocycles. The highest BCUT2D eigenvalue weighted by Gasteiger charge is 2.12. The van der Waals surface area contributed by atoms with Crippen LogP contribution in [-0.4, -0.2) is 31.4 Å². The van der Waals surface area contributed by atoms with Gasteiger partial charge < -0.3 is 23.3 Å². The monoisotopic (exact) mass is 310 g/mol. The molecule has 0 aliphatic carbocycles. The highest BCUT2D eigenvalue weighted by molar-refractivity contribution is 14.1. The molecule has 0 aromatic rings.